The number of amides is 2. The third-order valence-corrected chi connectivity index (χ3v) is 6.31. The summed E-state index contributed by atoms with van der Waals surface area (Å²) in [7, 11) is 0. The Morgan fingerprint density at radius 3 is 2.85 bits per heavy atom. The summed E-state index contributed by atoms with van der Waals surface area (Å²) in [5.74, 6) is -2.32. The number of anilines is 1. The first kappa shape index (κ1) is 25.8. The van der Waals surface area contributed by atoms with Gasteiger partial charge in [0.15, 0.2) is 11.6 Å². The van der Waals surface area contributed by atoms with Crippen LogP contribution in [-0.4, -0.2) is 39.5 Å². The van der Waals surface area contributed by atoms with Gasteiger partial charge < -0.3 is 20.2 Å². The molecule has 5 rings (SSSR count). The van der Waals surface area contributed by atoms with Gasteiger partial charge >= 0.3 is 0 Å². The molecule has 0 aliphatic carbocycles. The Bertz CT molecular complexity index is 1550. The number of nitrogens with one attached hydrogen (secondary N) is 3. The molecule has 0 saturated heterocycles. The Labute approximate surface area is 224 Å². The number of halogens is 2. The monoisotopic (exact) mass is 528 g/mol. The van der Waals surface area contributed by atoms with E-state index in [2.05, 4.69) is 21.0 Å². The van der Waals surface area contributed by atoms with Crippen molar-refractivity contribution in [3.8, 4) is 0 Å². The second-order valence-corrected chi connectivity index (χ2v) is 9.10. The maximum Gasteiger partial charge on any atom is 0.257 e. The summed E-state index contributed by atoms with van der Waals surface area (Å²) >= 11 is 0. The molecular weight excluding hydrogens is 502 g/mol. The van der Waals surface area contributed by atoms with Crippen LogP contribution >= 0.6 is 0 Å². The third kappa shape index (κ3) is 6.02. The number of fused-ring (bicyclic) bond motifs is 1. The predicted molar refractivity (Wildman–Crippen MR) is 145 cm³/mol. The molecule has 0 bridgehead atoms. The fourth-order valence-corrected chi connectivity index (χ4v) is 4.21. The van der Waals surface area contributed by atoms with Crippen molar-refractivity contribution in [2.45, 2.75) is 13.5 Å². The van der Waals surface area contributed by atoms with Crippen molar-refractivity contribution < 1.29 is 18.4 Å². The zero-order chi connectivity index (χ0) is 27.4. The van der Waals surface area contributed by atoms with Crippen LogP contribution in [0.3, 0.4) is 0 Å². The van der Waals surface area contributed by atoms with Gasteiger partial charge in [-0.05, 0) is 42.3 Å². The highest BCUT2D eigenvalue weighted by Crippen LogP contribution is 2.33. The first-order valence-electron chi connectivity index (χ1n) is 12.3. The van der Waals surface area contributed by atoms with E-state index in [-0.39, 0.29) is 18.4 Å². The van der Waals surface area contributed by atoms with Crippen LogP contribution in [-0.2, 0) is 16.1 Å². The van der Waals surface area contributed by atoms with E-state index in [4.69, 9.17) is 0 Å². The molecule has 3 heterocycles. The van der Waals surface area contributed by atoms with Crippen LogP contribution < -0.4 is 16.1 Å². The van der Waals surface area contributed by atoms with Crippen molar-refractivity contribution in [2.24, 2.45) is 0 Å². The van der Waals surface area contributed by atoms with Crippen LogP contribution in [0.2, 0.25) is 0 Å². The van der Waals surface area contributed by atoms with Crippen LogP contribution in [0, 0.1) is 18.6 Å². The average Bonchev–Trinajstić information content (AvgIpc) is 3.48. The van der Waals surface area contributed by atoms with Crippen LogP contribution in [0.5, 0.6) is 0 Å². The predicted octanol–water partition coefficient (Wildman–Crippen LogP) is 4.01. The largest absolute Gasteiger partial charge is 0.348 e. The normalized spacial score (nSPS) is 15.6. The number of hydrogen-bond acceptors (Lipinski definition) is 5. The second-order valence-electron chi connectivity index (χ2n) is 9.10. The molecule has 0 saturated carbocycles. The molecule has 8 nitrogen and oxygen atoms in total. The standard InChI is InChI=1S/C29H26F2N6O2/c1-19-14-32-18-36(19)17-24-23-8-6-20(13-27(23)35-29(24)39)4-2-10-34-37-11-3-5-22(16-37)28(38)33-15-21-7-9-25(30)26(31)12-21/h2-9,11-14,17-18,34H,10,15-16H2,1H3,(H,33,38)(H,35,39)/b4-2+,24-17-. The smallest absolute Gasteiger partial charge is 0.257 e. The van der Waals surface area contributed by atoms with Gasteiger partial charge in [0.2, 0.25) is 5.91 Å². The molecule has 3 aromatic rings. The van der Waals surface area contributed by atoms with Crippen molar-refractivity contribution >= 4 is 35.4 Å². The molecule has 10 heteroatoms. The highest BCUT2D eigenvalue weighted by molar-refractivity contribution is 6.34. The molecule has 0 spiro atoms. The molecule has 198 valence electrons. The first-order valence-corrected chi connectivity index (χ1v) is 12.3. The molecule has 2 amide bonds. The maximum absolute atomic E-state index is 13.4. The highest BCUT2D eigenvalue weighted by Gasteiger charge is 2.24. The van der Waals surface area contributed by atoms with E-state index >= 15 is 0 Å². The van der Waals surface area contributed by atoms with Crippen LogP contribution in [0.15, 0.2) is 78.9 Å². The van der Waals surface area contributed by atoms with Gasteiger partial charge in [-0.15, -0.1) is 0 Å². The molecule has 0 atom stereocenters. The van der Waals surface area contributed by atoms with Gasteiger partial charge in [0.1, 0.15) is 0 Å². The van der Waals surface area contributed by atoms with E-state index in [1.165, 1.54) is 6.07 Å². The van der Waals surface area contributed by atoms with E-state index < -0.39 is 11.6 Å². The molecule has 2 aliphatic rings. The van der Waals surface area contributed by atoms with E-state index in [0.29, 0.717) is 29.8 Å². The maximum atomic E-state index is 13.4. The number of hydrogen-bond donors (Lipinski definition) is 3. The lowest BCUT2D eigenvalue weighted by Gasteiger charge is -2.24. The van der Waals surface area contributed by atoms with Crippen molar-refractivity contribution in [1.82, 2.24) is 25.3 Å². The van der Waals surface area contributed by atoms with Gasteiger partial charge in [0.05, 0.1) is 18.4 Å². The number of imidazole rings is 1. The summed E-state index contributed by atoms with van der Waals surface area (Å²) in [6.45, 7) is 2.85. The van der Waals surface area contributed by atoms with Crippen molar-refractivity contribution in [3.63, 3.8) is 0 Å². The van der Waals surface area contributed by atoms with E-state index in [0.717, 1.165) is 34.6 Å². The van der Waals surface area contributed by atoms with E-state index in [1.807, 2.05) is 48.0 Å². The van der Waals surface area contributed by atoms with Gasteiger partial charge in [-0.25, -0.2) is 19.2 Å². The summed E-state index contributed by atoms with van der Waals surface area (Å²) < 4.78 is 28.3. The summed E-state index contributed by atoms with van der Waals surface area (Å²) in [5.41, 5.74) is 8.26. The number of benzene rings is 2. The number of allylic oxidation sites excluding steroid dienone is 2. The summed E-state index contributed by atoms with van der Waals surface area (Å²) in [6.07, 6.45) is 14.4. The van der Waals surface area contributed by atoms with Crippen LogP contribution in [0.25, 0.3) is 17.8 Å². The quantitative estimate of drug-likeness (QED) is 0.385. The SMILES string of the molecule is Cc1cncn1/C=C1\C(=O)Nc2cc(/C=C/CNN3C=CC=C(C(=O)NCc4ccc(F)c(F)c4)C3)ccc21. The zero-order valence-corrected chi connectivity index (χ0v) is 21.1. The summed E-state index contributed by atoms with van der Waals surface area (Å²) in [6, 6.07) is 9.32. The fourth-order valence-electron chi connectivity index (χ4n) is 4.21. The Morgan fingerprint density at radius 1 is 1.18 bits per heavy atom. The average molecular weight is 529 g/mol. The lowest BCUT2D eigenvalue weighted by atomic mass is 10.1. The molecule has 2 aromatic carbocycles. The van der Waals surface area contributed by atoms with Crippen LogP contribution in [0.1, 0.15) is 22.4 Å². The Balaban J connectivity index is 1.12. The molecule has 1 aromatic heterocycles. The molecule has 0 fully saturated rings. The molecule has 3 N–H and O–H groups in total. The lowest BCUT2D eigenvalue weighted by Crippen LogP contribution is -2.39. The Kier molecular flexibility index (Phi) is 7.46. The van der Waals surface area contributed by atoms with E-state index in [1.54, 1.807) is 35.9 Å². The molecular formula is C29H26F2N6O2. The second kappa shape index (κ2) is 11.3. The minimum Gasteiger partial charge on any atom is -0.348 e. The highest BCUT2D eigenvalue weighted by atomic mass is 19.2. The number of aryl methyl sites for hydroxylation is 1. The lowest BCUT2D eigenvalue weighted by molar-refractivity contribution is -0.118. The number of aromatic nitrogens is 2. The number of nitrogens with zero attached hydrogens (tertiary/aromatic N) is 3. The number of rotatable bonds is 8. The minimum absolute atomic E-state index is 0.0922. The number of carbonyl (C=O) groups excluding carboxylic acids is 2. The van der Waals surface area contributed by atoms with Crippen LogP contribution in [0.4, 0.5) is 14.5 Å². The molecule has 2 aliphatic heterocycles. The summed E-state index contributed by atoms with van der Waals surface area (Å²) in [4.78, 5) is 29.1. The van der Waals surface area contributed by atoms with Gasteiger partial charge in [0.25, 0.3) is 5.91 Å². The fraction of sp³-hybridized carbons (Fsp3) is 0.138. The van der Waals surface area contributed by atoms with Gasteiger partial charge in [0, 0.05) is 54.2 Å². The molecule has 0 unspecified atom stereocenters. The van der Waals surface area contributed by atoms with E-state index in [9.17, 15) is 18.4 Å². The topological polar surface area (TPSA) is 91.3 Å². The van der Waals surface area contributed by atoms with Crippen molar-refractivity contribution in [1.29, 1.82) is 0 Å². The third-order valence-electron chi connectivity index (χ3n) is 6.31. The molecule has 0 radical (unpaired) electrons. The number of carbonyl (C=O) groups is 2. The van der Waals surface area contributed by atoms with Gasteiger partial charge in [-0.2, -0.15) is 0 Å². The van der Waals surface area contributed by atoms with Crippen molar-refractivity contribution in [3.05, 3.63) is 113 Å². The first-order chi connectivity index (χ1) is 18.9. The molecule has 39 heavy (non-hydrogen) atoms. The minimum atomic E-state index is -0.947. The Hall–Kier alpha value is -4.83. The van der Waals surface area contributed by atoms with Gasteiger partial charge in [-0.3, -0.25) is 9.59 Å². The Morgan fingerprint density at radius 2 is 2.05 bits per heavy atom. The zero-order valence-electron chi connectivity index (χ0n) is 21.1. The van der Waals surface area contributed by atoms with Gasteiger partial charge in [-0.1, -0.05) is 36.4 Å². The van der Waals surface area contributed by atoms with Crippen molar-refractivity contribution in [2.75, 3.05) is 18.4 Å². The summed E-state index contributed by atoms with van der Waals surface area (Å²) in [5, 5.41) is 7.43. The number of hydrazine groups is 1.